The Kier molecular flexibility index (Phi) is 5.43. The number of esters is 1. The molecule has 0 aliphatic rings. The second kappa shape index (κ2) is 7.92. The summed E-state index contributed by atoms with van der Waals surface area (Å²) < 4.78 is 18.1. The number of hydrogen-bond acceptors (Lipinski definition) is 7. The summed E-state index contributed by atoms with van der Waals surface area (Å²) in [6.45, 7) is 1.51. The molecule has 0 spiro atoms. The van der Waals surface area contributed by atoms with E-state index >= 15 is 0 Å². The highest BCUT2D eigenvalue weighted by Crippen LogP contribution is 2.22. The minimum Gasteiger partial charge on any atom is -0.450 e. The van der Waals surface area contributed by atoms with Gasteiger partial charge in [0.1, 0.15) is 10.8 Å². The zero-order valence-electron chi connectivity index (χ0n) is 13.8. The molecule has 0 saturated heterocycles. The lowest BCUT2D eigenvalue weighted by Crippen LogP contribution is -2.26. The van der Waals surface area contributed by atoms with Gasteiger partial charge >= 0.3 is 5.97 Å². The van der Waals surface area contributed by atoms with Crippen molar-refractivity contribution in [2.75, 3.05) is 0 Å². The predicted molar refractivity (Wildman–Crippen MR) is 93.1 cm³/mol. The zero-order chi connectivity index (χ0) is 18.5. The van der Waals surface area contributed by atoms with E-state index < -0.39 is 12.1 Å². The van der Waals surface area contributed by atoms with Gasteiger partial charge in [-0.15, -0.1) is 11.3 Å². The second-order valence-electron chi connectivity index (χ2n) is 5.41. The largest absolute Gasteiger partial charge is 0.450 e. The van der Waals surface area contributed by atoms with Crippen molar-refractivity contribution < 1.29 is 18.7 Å². The third-order valence-corrected chi connectivity index (χ3v) is 4.38. The number of halogens is 1. The Bertz CT molecular complexity index is 913. The molecule has 0 saturated carbocycles. The third kappa shape index (κ3) is 4.34. The van der Waals surface area contributed by atoms with Gasteiger partial charge in [-0.1, -0.05) is 0 Å². The number of carbonyl (C=O) groups is 2. The molecule has 0 bridgehead atoms. The van der Waals surface area contributed by atoms with Crippen LogP contribution < -0.4 is 0 Å². The van der Waals surface area contributed by atoms with Crippen LogP contribution in [0.4, 0.5) is 4.39 Å². The Balaban J connectivity index is 1.61. The average molecular weight is 371 g/mol. The van der Waals surface area contributed by atoms with Crippen molar-refractivity contribution in [1.29, 1.82) is 0 Å². The van der Waals surface area contributed by atoms with Gasteiger partial charge in [-0.3, -0.25) is 9.78 Å². The fraction of sp³-hybridized carbons (Fsp3) is 0.167. The van der Waals surface area contributed by atoms with Gasteiger partial charge < -0.3 is 4.74 Å². The molecule has 1 aromatic carbocycles. The SMILES string of the molecule is CC(OC(=O)c1cnccn1)C(=O)Cc1nc(-c2ccc(F)cc2)cs1. The summed E-state index contributed by atoms with van der Waals surface area (Å²) >= 11 is 1.32. The van der Waals surface area contributed by atoms with E-state index in [2.05, 4.69) is 15.0 Å². The molecule has 1 atom stereocenters. The van der Waals surface area contributed by atoms with Gasteiger partial charge in [-0.25, -0.2) is 19.2 Å². The molecule has 0 radical (unpaired) electrons. The summed E-state index contributed by atoms with van der Waals surface area (Å²) in [4.78, 5) is 36.2. The van der Waals surface area contributed by atoms with Crippen LogP contribution >= 0.6 is 11.3 Å². The molecule has 0 aliphatic heterocycles. The monoisotopic (exact) mass is 371 g/mol. The summed E-state index contributed by atoms with van der Waals surface area (Å²) in [6.07, 6.45) is 3.20. The zero-order valence-corrected chi connectivity index (χ0v) is 14.6. The van der Waals surface area contributed by atoms with Crippen molar-refractivity contribution in [2.24, 2.45) is 0 Å². The molecule has 1 unspecified atom stereocenters. The molecule has 3 aromatic rings. The fourth-order valence-electron chi connectivity index (χ4n) is 2.13. The maximum atomic E-state index is 13.0. The van der Waals surface area contributed by atoms with Crippen LogP contribution in [0, 0.1) is 5.82 Å². The van der Waals surface area contributed by atoms with E-state index in [0.717, 1.165) is 5.56 Å². The quantitative estimate of drug-likeness (QED) is 0.619. The van der Waals surface area contributed by atoms with Gasteiger partial charge in [0, 0.05) is 23.3 Å². The number of ketones is 1. The summed E-state index contributed by atoms with van der Waals surface area (Å²) in [5.41, 5.74) is 1.48. The average Bonchev–Trinajstić information content (AvgIpc) is 3.11. The van der Waals surface area contributed by atoms with E-state index in [4.69, 9.17) is 4.74 Å². The molecule has 132 valence electrons. The maximum Gasteiger partial charge on any atom is 0.359 e. The Morgan fingerprint density at radius 2 is 2.00 bits per heavy atom. The summed E-state index contributed by atoms with van der Waals surface area (Å²) in [5.74, 6) is -1.30. The highest BCUT2D eigenvalue weighted by molar-refractivity contribution is 7.10. The van der Waals surface area contributed by atoms with Gasteiger partial charge in [0.25, 0.3) is 0 Å². The van der Waals surface area contributed by atoms with Crippen molar-refractivity contribution in [2.45, 2.75) is 19.4 Å². The molecular weight excluding hydrogens is 357 g/mol. The number of carbonyl (C=O) groups excluding carboxylic acids is 2. The van der Waals surface area contributed by atoms with Crippen LogP contribution in [-0.2, 0) is 16.0 Å². The molecule has 0 aliphatic carbocycles. The molecule has 0 N–H and O–H groups in total. The molecule has 6 nitrogen and oxygen atoms in total. The standard InChI is InChI=1S/C18H14FN3O3S/c1-11(25-18(24)14-9-20-6-7-21-14)16(23)8-17-22-15(10-26-17)12-2-4-13(19)5-3-12/h2-7,9-11H,8H2,1H3. The third-order valence-electron chi connectivity index (χ3n) is 3.53. The first-order chi connectivity index (χ1) is 12.5. The normalized spacial score (nSPS) is 11.8. The van der Waals surface area contributed by atoms with Crippen molar-refractivity contribution in [3.63, 3.8) is 0 Å². The smallest absolute Gasteiger partial charge is 0.359 e. The Labute approximate surface area is 152 Å². The van der Waals surface area contributed by atoms with Crippen LogP contribution in [0.25, 0.3) is 11.3 Å². The minimum absolute atomic E-state index is 0.0417. The molecule has 3 rings (SSSR count). The second-order valence-corrected chi connectivity index (χ2v) is 6.36. The van der Waals surface area contributed by atoms with Crippen LogP contribution in [0.5, 0.6) is 0 Å². The van der Waals surface area contributed by atoms with E-state index in [0.29, 0.717) is 10.7 Å². The lowest BCUT2D eigenvalue weighted by molar-refractivity contribution is -0.126. The van der Waals surface area contributed by atoms with E-state index in [9.17, 15) is 14.0 Å². The fourth-order valence-corrected chi connectivity index (χ4v) is 2.94. The maximum absolute atomic E-state index is 13.0. The number of aromatic nitrogens is 3. The van der Waals surface area contributed by atoms with Gasteiger partial charge in [-0.05, 0) is 31.2 Å². The van der Waals surface area contributed by atoms with E-state index in [-0.39, 0.29) is 23.7 Å². The molecule has 0 amide bonds. The van der Waals surface area contributed by atoms with Crippen LogP contribution in [0.2, 0.25) is 0 Å². The van der Waals surface area contributed by atoms with Gasteiger partial charge in [-0.2, -0.15) is 0 Å². The highest BCUT2D eigenvalue weighted by Gasteiger charge is 2.21. The van der Waals surface area contributed by atoms with Crippen LogP contribution in [0.15, 0.2) is 48.2 Å². The molecule has 2 heterocycles. The molecule has 26 heavy (non-hydrogen) atoms. The van der Waals surface area contributed by atoms with Crippen LogP contribution in [0.3, 0.4) is 0 Å². The van der Waals surface area contributed by atoms with Crippen molar-refractivity contribution >= 4 is 23.1 Å². The highest BCUT2D eigenvalue weighted by atomic mass is 32.1. The molecule has 8 heteroatoms. The van der Waals surface area contributed by atoms with Crippen LogP contribution in [0.1, 0.15) is 22.4 Å². The number of ether oxygens (including phenoxy) is 1. The van der Waals surface area contributed by atoms with E-state index in [1.807, 2.05) is 0 Å². The Hall–Kier alpha value is -3.00. The summed E-state index contributed by atoms with van der Waals surface area (Å²) in [5, 5.41) is 2.39. The number of rotatable bonds is 6. The topological polar surface area (TPSA) is 82.0 Å². The number of benzene rings is 1. The Morgan fingerprint density at radius 1 is 1.23 bits per heavy atom. The van der Waals surface area contributed by atoms with Crippen molar-refractivity contribution in [1.82, 2.24) is 15.0 Å². The molecule has 2 aromatic heterocycles. The van der Waals surface area contributed by atoms with E-state index in [1.165, 1.54) is 49.0 Å². The summed E-state index contributed by atoms with van der Waals surface area (Å²) in [6, 6.07) is 5.96. The number of Topliss-reactive ketones (excluding diaryl/α,β-unsaturated/α-hetero) is 1. The number of nitrogens with zero attached hydrogens (tertiary/aromatic N) is 3. The molecule has 0 fully saturated rings. The lowest BCUT2D eigenvalue weighted by atomic mass is 10.1. The first-order valence-electron chi connectivity index (χ1n) is 7.73. The first kappa shape index (κ1) is 17.8. The predicted octanol–water partition coefficient (Wildman–Crippen LogP) is 3.10. The summed E-state index contributed by atoms with van der Waals surface area (Å²) in [7, 11) is 0. The van der Waals surface area contributed by atoms with E-state index in [1.54, 1.807) is 17.5 Å². The number of hydrogen-bond donors (Lipinski definition) is 0. The van der Waals surface area contributed by atoms with Gasteiger partial charge in [0.2, 0.25) is 0 Å². The first-order valence-corrected chi connectivity index (χ1v) is 8.61. The Morgan fingerprint density at radius 3 is 2.69 bits per heavy atom. The molecular formula is C18H14FN3O3S. The van der Waals surface area contributed by atoms with Crippen LogP contribution in [-0.4, -0.2) is 32.8 Å². The van der Waals surface area contributed by atoms with Gasteiger partial charge in [0.05, 0.1) is 18.3 Å². The van der Waals surface area contributed by atoms with Gasteiger partial charge in [0.15, 0.2) is 17.6 Å². The van der Waals surface area contributed by atoms with Crippen molar-refractivity contribution in [3.05, 3.63) is 64.8 Å². The van der Waals surface area contributed by atoms with Crippen molar-refractivity contribution in [3.8, 4) is 11.3 Å². The lowest BCUT2D eigenvalue weighted by Gasteiger charge is -2.10. The number of thiazole rings is 1. The minimum atomic E-state index is -0.928.